The van der Waals surface area contributed by atoms with Crippen molar-refractivity contribution in [1.29, 1.82) is 0 Å². The summed E-state index contributed by atoms with van der Waals surface area (Å²) in [5, 5.41) is 24.2. The molecule has 3 aliphatic rings. The van der Waals surface area contributed by atoms with Gasteiger partial charge in [-0.25, -0.2) is 19.2 Å². The first kappa shape index (κ1) is 42.6. The van der Waals surface area contributed by atoms with Gasteiger partial charge in [-0.3, -0.25) is 13.9 Å². The van der Waals surface area contributed by atoms with Gasteiger partial charge in [0.1, 0.15) is 31.5 Å². The lowest BCUT2D eigenvalue weighted by molar-refractivity contribution is -0.142. The zero-order valence-corrected chi connectivity index (χ0v) is 35.2. The number of nitrogens with zero attached hydrogens (tertiary/aromatic N) is 2. The van der Waals surface area contributed by atoms with Gasteiger partial charge in [-0.05, 0) is 76.8 Å². The normalized spacial score (nSPS) is 19.5. The van der Waals surface area contributed by atoms with Crippen LogP contribution >= 0.6 is 6.89 Å². The molecule has 2 aliphatic carbocycles. The summed E-state index contributed by atoms with van der Waals surface area (Å²) in [4.78, 5) is 67.3. The lowest BCUT2D eigenvalue weighted by atomic mass is 9.98. The Balaban J connectivity index is 0.983. The van der Waals surface area contributed by atoms with Gasteiger partial charge in [0.15, 0.2) is 6.23 Å². The molecular weight excluding hydrogens is 814 g/mol. The summed E-state index contributed by atoms with van der Waals surface area (Å²) < 4.78 is 24.1. The minimum Gasteiger partial charge on any atom is -0.449 e. The Labute approximate surface area is 357 Å². The molecule has 15 heteroatoms. The molecule has 1 fully saturated rings. The van der Waals surface area contributed by atoms with E-state index in [0.717, 1.165) is 59.7 Å². The maximum absolute atomic E-state index is 13.8. The summed E-state index contributed by atoms with van der Waals surface area (Å²) in [5.74, 6) is -1.82. The van der Waals surface area contributed by atoms with Crippen LogP contribution in [0.4, 0.5) is 9.59 Å². The number of aliphatic hydroxyl groups is 2. The number of fused-ring (bicyclic) bond motifs is 6. The third-order valence-corrected chi connectivity index (χ3v) is 13.3. The Hall–Kier alpha value is -6.05. The number of aliphatic hydroxyl groups excluding tert-OH is 2. The Kier molecular flexibility index (Phi) is 12.2. The molecule has 0 bridgehead atoms. The van der Waals surface area contributed by atoms with Crippen molar-refractivity contribution in [2.75, 3.05) is 32.7 Å². The third kappa shape index (κ3) is 8.69. The number of aromatic nitrogens is 2. The maximum atomic E-state index is 13.8. The highest BCUT2D eigenvalue weighted by Crippen LogP contribution is 2.46. The molecule has 1 aliphatic heterocycles. The van der Waals surface area contributed by atoms with Crippen molar-refractivity contribution in [1.82, 2.24) is 14.5 Å². The lowest BCUT2D eigenvalue weighted by Crippen LogP contribution is -2.47. The van der Waals surface area contributed by atoms with Crippen LogP contribution in [0, 0.1) is 0 Å². The molecule has 14 nitrogen and oxygen atoms in total. The fourth-order valence-corrected chi connectivity index (χ4v) is 9.62. The maximum Gasteiger partial charge on any atom is 0.516 e. The fourth-order valence-electron chi connectivity index (χ4n) is 8.67. The molecular formula is C47H48N3O11P. The second-order valence-corrected chi connectivity index (χ2v) is 20.8. The van der Waals surface area contributed by atoms with E-state index >= 15 is 0 Å². The van der Waals surface area contributed by atoms with E-state index in [1.54, 1.807) is 0 Å². The van der Waals surface area contributed by atoms with Crippen LogP contribution in [-0.2, 0) is 30.3 Å². The van der Waals surface area contributed by atoms with Crippen LogP contribution in [0.1, 0.15) is 53.2 Å². The average molecular weight is 862 g/mol. The SMILES string of the molecule is C=P(C)(C)CC[C@H]1O[C@@H](n2ccc(=O)n(CCC(NC(=O)OCC3c4ccccc4-c4ccccc43)C(=O)OC(=O)OCC3c4ccccc4-c4ccccc43)c2=O)[C@H](O)[C@@H]1O. The van der Waals surface area contributed by atoms with E-state index in [-0.39, 0.29) is 25.0 Å². The molecule has 1 aromatic heterocycles. The van der Waals surface area contributed by atoms with Gasteiger partial charge in [-0.15, -0.1) is 13.2 Å². The molecule has 5 aromatic rings. The van der Waals surface area contributed by atoms with Crippen LogP contribution in [-0.4, -0.2) is 101 Å². The molecule has 1 unspecified atom stereocenters. The van der Waals surface area contributed by atoms with E-state index in [9.17, 15) is 34.2 Å². The predicted octanol–water partition coefficient (Wildman–Crippen LogP) is 5.52. The van der Waals surface area contributed by atoms with Gasteiger partial charge in [0.25, 0.3) is 5.56 Å². The summed E-state index contributed by atoms with van der Waals surface area (Å²) in [6.45, 7) is 1.92. The van der Waals surface area contributed by atoms with E-state index in [2.05, 4.69) is 11.6 Å². The number of esters is 1. The Morgan fingerprint density at radius 2 is 1.26 bits per heavy atom. The highest BCUT2D eigenvalue weighted by molar-refractivity contribution is 7.72. The van der Waals surface area contributed by atoms with Crippen LogP contribution in [0.3, 0.4) is 0 Å². The second-order valence-electron chi connectivity index (χ2n) is 16.5. The van der Waals surface area contributed by atoms with Gasteiger partial charge in [0.05, 0.1) is 6.10 Å². The fraction of sp³-hybridized carbons (Fsp3) is 0.319. The lowest BCUT2D eigenvalue weighted by Gasteiger charge is -2.21. The number of hydrogen-bond acceptors (Lipinski definition) is 11. The topological polar surface area (TPSA) is 185 Å². The summed E-state index contributed by atoms with van der Waals surface area (Å²) in [6, 6.07) is 30.6. The van der Waals surface area contributed by atoms with E-state index in [0.29, 0.717) is 12.6 Å². The van der Waals surface area contributed by atoms with Crippen molar-refractivity contribution >= 4 is 31.4 Å². The minimum absolute atomic E-state index is 0.0819. The molecule has 2 heterocycles. The molecule has 62 heavy (non-hydrogen) atoms. The number of alkyl carbamates (subject to hydrolysis) is 1. The number of benzene rings is 4. The second kappa shape index (κ2) is 17.7. The van der Waals surface area contributed by atoms with Gasteiger partial charge in [0, 0.05) is 30.6 Å². The van der Waals surface area contributed by atoms with Crippen molar-refractivity contribution in [2.45, 2.75) is 61.8 Å². The number of amides is 1. The first-order valence-electron chi connectivity index (χ1n) is 20.5. The molecule has 4 aromatic carbocycles. The highest BCUT2D eigenvalue weighted by atomic mass is 31.2. The molecule has 3 N–H and O–H groups in total. The first-order valence-corrected chi connectivity index (χ1v) is 23.5. The van der Waals surface area contributed by atoms with E-state index in [4.69, 9.17) is 18.9 Å². The van der Waals surface area contributed by atoms with Crippen molar-refractivity contribution in [3.63, 3.8) is 0 Å². The highest BCUT2D eigenvalue weighted by Gasteiger charge is 2.44. The summed E-state index contributed by atoms with van der Waals surface area (Å²) in [5.41, 5.74) is 6.24. The van der Waals surface area contributed by atoms with E-state index in [1.807, 2.05) is 110 Å². The Morgan fingerprint density at radius 1 is 0.758 bits per heavy atom. The summed E-state index contributed by atoms with van der Waals surface area (Å²) in [6.07, 6.45) is -1.15. The van der Waals surface area contributed by atoms with Gasteiger partial charge < -0.3 is 34.5 Å². The van der Waals surface area contributed by atoms with Gasteiger partial charge >= 0.3 is 23.9 Å². The number of hydrogen-bond donors (Lipinski definition) is 3. The number of ether oxygens (including phenoxy) is 4. The van der Waals surface area contributed by atoms with Crippen LogP contribution in [0.2, 0.25) is 0 Å². The molecule has 1 amide bonds. The Bertz CT molecular complexity index is 2600. The largest absolute Gasteiger partial charge is 0.516 e. The van der Waals surface area contributed by atoms with Crippen LogP contribution in [0.25, 0.3) is 22.3 Å². The smallest absolute Gasteiger partial charge is 0.449 e. The number of nitrogens with one attached hydrogen (secondary N) is 1. The number of rotatable bonds is 13. The Morgan fingerprint density at radius 3 is 1.77 bits per heavy atom. The molecule has 5 atom stereocenters. The first-order chi connectivity index (χ1) is 29.8. The minimum atomic E-state index is -1.60. The quantitative estimate of drug-likeness (QED) is 0.0770. The monoisotopic (exact) mass is 861 g/mol. The summed E-state index contributed by atoms with van der Waals surface area (Å²) in [7, 11) is 0. The third-order valence-electron chi connectivity index (χ3n) is 11.8. The van der Waals surface area contributed by atoms with Gasteiger partial charge in [0.2, 0.25) is 0 Å². The van der Waals surface area contributed by atoms with Gasteiger partial charge in [-0.2, -0.15) is 0 Å². The van der Waals surface area contributed by atoms with Crippen molar-refractivity contribution in [3.05, 3.63) is 152 Å². The van der Waals surface area contributed by atoms with E-state index < -0.39 is 79.9 Å². The van der Waals surface area contributed by atoms with Crippen molar-refractivity contribution < 1.29 is 43.5 Å². The molecule has 322 valence electrons. The van der Waals surface area contributed by atoms with Crippen LogP contribution < -0.4 is 16.6 Å². The zero-order chi connectivity index (χ0) is 43.7. The number of carbonyl (C=O) groups is 3. The molecule has 1 saturated heterocycles. The van der Waals surface area contributed by atoms with E-state index in [1.165, 1.54) is 6.20 Å². The standard InChI is InChI=1S/C47H48N3O11P/c1-62(2,3)25-22-39-41(52)42(53)43(60-39)50-24-21-40(51)49(46(50)56)23-20-38(48-45(55)58-26-36-32-16-8-4-12-28(32)29-13-5-9-17-33(29)36)44(54)61-47(57)59-27-37-34-18-10-6-14-30(34)31-15-7-11-19-35(31)37/h4-19,21,24,36-39,41-43,52-53H,1,20,22-23,25-27H2,2-3H3,(H,48,55)/t38?,39-,41-,42-,43-/m1/s1. The van der Waals surface area contributed by atoms with Crippen molar-refractivity contribution in [2.24, 2.45) is 0 Å². The molecule has 8 rings (SSSR count). The van der Waals surface area contributed by atoms with Gasteiger partial charge in [-0.1, -0.05) is 97.1 Å². The number of carbonyl (C=O) groups excluding carboxylic acids is 3. The molecule has 0 radical (unpaired) electrons. The molecule has 0 spiro atoms. The predicted molar refractivity (Wildman–Crippen MR) is 234 cm³/mol. The summed E-state index contributed by atoms with van der Waals surface area (Å²) >= 11 is 0. The van der Waals surface area contributed by atoms with Crippen molar-refractivity contribution in [3.8, 4) is 22.3 Å². The van der Waals surface area contributed by atoms with Crippen LogP contribution in [0.15, 0.2) is 119 Å². The zero-order valence-electron chi connectivity index (χ0n) is 34.3. The van der Waals surface area contributed by atoms with Crippen LogP contribution in [0.5, 0.6) is 0 Å². The average Bonchev–Trinajstić information content (AvgIpc) is 3.86. The molecule has 0 saturated carbocycles.